The molecule has 0 saturated carbocycles. The van der Waals surface area contributed by atoms with Crippen LogP contribution < -0.4 is 4.72 Å². The lowest BCUT2D eigenvalue weighted by Crippen LogP contribution is -1.99. The summed E-state index contributed by atoms with van der Waals surface area (Å²) in [7, 11) is 0. The van der Waals surface area contributed by atoms with Crippen molar-refractivity contribution >= 4 is 40.5 Å². The van der Waals surface area contributed by atoms with Crippen molar-refractivity contribution in [3.63, 3.8) is 0 Å². The molecule has 0 unspecified atom stereocenters. The maximum atomic E-state index is 6.19. The van der Waals surface area contributed by atoms with Crippen molar-refractivity contribution in [3.05, 3.63) is 41.2 Å². The first-order chi connectivity index (χ1) is 7.36. The molecule has 0 fully saturated rings. The lowest BCUT2D eigenvalue weighted by atomic mass is 10.1. The molecule has 2 aromatic rings. The minimum atomic E-state index is 0.751. The van der Waals surface area contributed by atoms with Crippen molar-refractivity contribution < 1.29 is 0 Å². The first kappa shape index (κ1) is 9.07. The second kappa shape index (κ2) is 3.43. The molecule has 0 radical (unpaired) electrons. The minimum Gasteiger partial charge on any atom is -0.332 e. The van der Waals surface area contributed by atoms with Crippen LogP contribution in [0.3, 0.4) is 0 Å². The number of nitrogens with one attached hydrogen (secondary N) is 1. The summed E-state index contributed by atoms with van der Waals surface area (Å²) in [6.45, 7) is 0. The standard InChI is InChI=1S/C11H7ClN2S/c12-8-4-5-13-9-2-1-7-3-6-14-15-11(7)10(8)9/h1-6,14H. The number of hydrogen-bond donors (Lipinski definition) is 1. The molecule has 0 atom stereocenters. The average molecular weight is 235 g/mol. The molecule has 1 aromatic heterocycles. The second-order valence-corrected chi connectivity index (χ2v) is 4.48. The van der Waals surface area contributed by atoms with Gasteiger partial charge in [-0.25, -0.2) is 0 Å². The molecule has 4 heteroatoms. The van der Waals surface area contributed by atoms with Crippen LogP contribution in [-0.4, -0.2) is 4.98 Å². The Labute approximate surface area is 96.5 Å². The Kier molecular flexibility index (Phi) is 2.08. The molecule has 74 valence electrons. The summed E-state index contributed by atoms with van der Waals surface area (Å²) in [6, 6.07) is 5.88. The van der Waals surface area contributed by atoms with Gasteiger partial charge in [-0.3, -0.25) is 4.98 Å². The van der Waals surface area contributed by atoms with Gasteiger partial charge in [-0.1, -0.05) is 17.7 Å². The first-order valence-electron chi connectivity index (χ1n) is 4.52. The highest BCUT2D eigenvalue weighted by molar-refractivity contribution is 7.97. The Morgan fingerprint density at radius 2 is 2.20 bits per heavy atom. The molecule has 0 amide bonds. The molecule has 15 heavy (non-hydrogen) atoms. The van der Waals surface area contributed by atoms with Crippen LogP contribution in [0.2, 0.25) is 5.02 Å². The van der Waals surface area contributed by atoms with Crippen LogP contribution in [0.25, 0.3) is 17.0 Å². The molecule has 1 aromatic carbocycles. The number of halogens is 1. The first-order valence-corrected chi connectivity index (χ1v) is 5.72. The number of pyridine rings is 1. The fourth-order valence-electron chi connectivity index (χ4n) is 1.65. The molecule has 2 heterocycles. The Hall–Kier alpha value is -1.19. The van der Waals surface area contributed by atoms with E-state index in [9.17, 15) is 0 Å². The predicted molar refractivity (Wildman–Crippen MR) is 64.8 cm³/mol. The van der Waals surface area contributed by atoms with Gasteiger partial charge in [0, 0.05) is 22.7 Å². The van der Waals surface area contributed by atoms with Gasteiger partial charge in [0.15, 0.2) is 0 Å². The van der Waals surface area contributed by atoms with Crippen molar-refractivity contribution in [2.75, 3.05) is 0 Å². The van der Waals surface area contributed by atoms with Gasteiger partial charge in [-0.2, -0.15) is 0 Å². The van der Waals surface area contributed by atoms with Gasteiger partial charge < -0.3 is 4.72 Å². The van der Waals surface area contributed by atoms with Crippen molar-refractivity contribution in [1.29, 1.82) is 0 Å². The topological polar surface area (TPSA) is 24.9 Å². The third kappa shape index (κ3) is 1.39. The van der Waals surface area contributed by atoms with Crippen molar-refractivity contribution in [3.8, 4) is 0 Å². The monoisotopic (exact) mass is 234 g/mol. The summed E-state index contributed by atoms with van der Waals surface area (Å²) in [5, 5.41) is 1.78. The lowest BCUT2D eigenvalue weighted by Gasteiger charge is -2.13. The summed E-state index contributed by atoms with van der Waals surface area (Å²) in [6.07, 6.45) is 5.69. The fraction of sp³-hybridized carbons (Fsp3) is 0. The molecular weight excluding hydrogens is 228 g/mol. The molecular formula is C11H7ClN2S. The largest absolute Gasteiger partial charge is 0.332 e. The normalized spacial score (nSPS) is 13.7. The van der Waals surface area contributed by atoms with Crippen LogP contribution in [0.15, 0.2) is 35.5 Å². The van der Waals surface area contributed by atoms with Crippen LogP contribution in [0.1, 0.15) is 5.56 Å². The molecule has 1 aliphatic heterocycles. The van der Waals surface area contributed by atoms with E-state index < -0.39 is 0 Å². The van der Waals surface area contributed by atoms with Gasteiger partial charge in [-0.05, 0) is 35.7 Å². The number of hydrogen-bond acceptors (Lipinski definition) is 3. The lowest BCUT2D eigenvalue weighted by molar-refractivity contribution is 1.32. The molecule has 1 N–H and O–H groups in total. The second-order valence-electron chi connectivity index (χ2n) is 3.22. The number of fused-ring (bicyclic) bond motifs is 3. The summed E-state index contributed by atoms with van der Waals surface area (Å²) < 4.78 is 3.11. The molecule has 2 nitrogen and oxygen atoms in total. The summed E-state index contributed by atoms with van der Waals surface area (Å²) in [5.41, 5.74) is 2.12. The van der Waals surface area contributed by atoms with Gasteiger partial charge in [0.2, 0.25) is 0 Å². The van der Waals surface area contributed by atoms with E-state index in [2.05, 4.69) is 15.8 Å². The third-order valence-electron chi connectivity index (χ3n) is 2.33. The fourth-order valence-corrected chi connectivity index (χ4v) is 2.78. The molecule has 0 spiro atoms. The summed E-state index contributed by atoms with van der Waals surface area (Å²) >= 11 is 7.76. The number of nitrogens with zero attached hydrogens (tertiary/aromatic N) is 1. The zero-order chi connectivity index (χ0) is 10.3. The van der Waals surface area contributed by atoms with Gasteiger partial charge in [0.05, 0.1) is 10.5 Å². The van der Waals surface area contributed by atoms with Crippen LogP contribution in [0.4, 0.5) is 0 Å². The number of aromatic nitrogens is 1. The third-order valence-corrected chi connectivity index (χ3v) is 3.54. The van der Waals surface area contributed by atoms with E-state index in [1.165, 1.54) is 5.56 Å². The summed E-state index contributed by atoms with van der Waals surface area (Å²) in [4.78, 5) is 5.45. The molecule has 0 bridgehead atoms. The maximum Gasteiger partial charge on any atom is 0.0729 e. The van der Waals surface area contributed by atoms with Crippen LogP contribution >= 0.6 is 23.5 Å². The van der Waals surface area contributed by atoms with Crippen molar-refractivity contribution in [2.24, 2.45) is 0 Å². The van der Waals surface area contributed by atoms with Gasteiger partial charge in [0.1, 0.15) is 0 Å². The molecule has 1 aliphatic rings. The van der Waals surface area contributed by atoms with Crippen LogP contribution in [0.5, 0.6) is 0 Å². The van der Waals surface area contributed by atoms with Crippen molar-refractivity contribution in [1.82, 2.24) is 9.71 Å². The summed E-state index contributed by atoms with van der Waals surface area (Å²) in [5.74, 6) is 0. The van der Waals surface area contributed by atoms with Gasteiger partial charge in [0.25, 0.3) is 0 Å². The van der Waals surface area contributed by atoms with E-state index >= 15 is 0 Å². The smallest absolute Gasteiger partial charge is 0.0729 e. The van der Waals surface area contributed by atoms with E-state index in [0.29, 0.717) is 0 Å². The average Bonchev–Trinajstić information content (AvgIpc) is 2.29. The van der Waals surface area contributed by atoms with Crippen molar-refractivity contribution in [2.45, 2.75) is 4.90 Å². The van der Waals surface area contributed by atoms with Gasteiger partial charge >= 0.3 is 0 Å². The predicted octanol–water partition coefficient (Wildman–Crippen LogP) is 3.47. The van der Waals surface area contributed by atoms with Gasteiger partial charge in [-0.15, -0.1) is 0 Å². The molecule has 0 aliphatic carbocycles. The zero-order valence-electron chi connectivity index (χ0n) is 7.70. The number of rotatable bonds is 0. The quantitative estimate of drug-likeness (QED) is 0.707. The van der Waals surface area contributed by atoms with Crippen LogP contribution in [0, 0.1) is 0 Å². The minimum absolute atomic E-state index is 0.751. The molecule has 3 rings (SSSR count). The highest BCUT2D eigenvalue weighted by atomic mass is 35.5. The van der Waals surface area contributed by atoms with E-state index in [0.717, 1.165) is 20.8 Å². The van der Waals surface area contributed by atoms with E-state index in [4.69, 9.17) is 11.6 Å². The Morgan fingerprint density at radius 1 is 1.27 bits per heavy atom. The maximum absolute atomic E-state index is 6.19. The van der Waals surface area contributed by atoms with E-state index in [1.54, 1.807) is 18.1 Å². The Morgan fingerprint density at radius 3 is 3.13 bits per heavy atom. The van der Waals surface area contributed by atoms with E-state index in [1.807, 2.05) is 24.4 Å². The van der Waals surface area contributed by atoms with E-state index in [-0.39, 0.29) is 0 Å². The SMILES string of the molecule is Clc1ccnc2ccc3c(c12)SNC=C3. The number of benzene rings is 1. The zero-order valence-corrected chi connectivity index (χ0v) is 9.27. The highest BCUT2D eigenvalue weighted by Crippen LogP contribution is 2.35. The Balaban J connectivity index is 2.45. The molecule has 0 saturated heterocycles. The Bertz CT molecular complexity index is 566. The highest BCUT2D eigenvalue weighted by Gasteiger charge is 2.12. The van der Waals surface area contributed by atoms with Crippen LogP contribution in [-0.2, 0) is 0 Å².